The number of nitrogens with zero attached hydrogens (tertiary/aromatic N) is 1. The maximum absolute atomic E-state index is 13.5. The van der Waals surface area contributed by atoms with E-state index in [1.54, 1.807) is 5.38 Å². The normalized spacial score (nSPS) is 12.8. The van der Waals surface area contributed by atoms with Crippen molar-refractivity contribution in [2.24, 2.45) is 0 Å². The van der Waals surface area contributed by atoms with Crippen LogP contribution >= 0.6 is 11.3 Å². The molecule has 1 unspecified atom stereocenters. The first kappa shape index (κ1) is 11.2. The molecule has 0 aliphatic rings. The molecule has 1 atom stereocenters. The van der Waals surface area contributed by atoms with Crippen molar-refractivity contribution in [3.63, 3.8) is 0 Å². The minimum Gasteiger partial charge on any atom is -0.382 e. The summed E-state index contributed by atoms with van der Waals surface area (Å²) in [6.45, 7) is 1.47. The van der Waals surface area contributed by atoms with Crippen LogP contribution in [-0.2, 0) is 0 Å². The van der Waals surface area contributed by atoms with Crippen molar-refractivity contribution < 1.29 is 13.9 Å². The Balaban J connectivity index is 2.45. The highest BCUT2D eigenvalue weighted by Crippen LogP contribution is 2.26. The van der Waals surface area contributed by atoms with Crippen molar-refractivity contribution in [1.29, 1.82) is 0 Å². The molecule has 0 spiro atoms. The van der Waals surface area contributed by atoms with Gasteiger partial charge in [-0.1, -0.05) is 12.1 Å². The van der Waals surface area contributed by atoms with E-state index < -0.39 is 17.7 Å². The van der Waals surface area contributed by atoms with Gasteiger partial charge < -0.3 is 5.11 Å². The summed E-state index contributed by atoms with van der Waals surface area (Å²) < 4.78 is 26.8. The molecule has 0 fully saturated rings. The topological polar surface area (TPSA) is 33.1 Å². The molecular formula is C11H9F2NOS. The van der Waals surface area contributed by atoms with Crippen LogP contribution in [0, 0.1) is 18.6 Å². The van der Waals surface area contributed by atoms with E-state index in [1.807, 2.05) is 0 Å². The standard InChI is InChI=1S/C11H9F2NOS/c1-6-2-3-7(10(13)9(6)12)11(15)8-4-16-5-14-8/h2-5,11,15H,1H3. The van der Waals surface area contributed by atoms with E-state index in [0.29, 0.717) is 5.69 Å². The molecule has 2 aromatic rings. The quantitative estimate of drug-likeness (QED) is 0.877. The lowest BCUT2D eigenvalue weighted by molar-refractivity contribution is 0.209. The number of aryl methyl sites for hydroxylation is 1. The van der Waals surface area contributed by atoms with Gasteiger partial charge in [0, 0.05) is 10.9 Å². The highest BCUT2D eigenvalue weighted by Gasteiger charge is 2.20. The minimum atomic E-state index is -1.22. The zero-order valence-electron chi connectivity index (χ0n) is 8.45. The van der Waals surface area contributed by atoms with Crippen LogP contribution in [0.25, 0.3) is 0 Å². The molecule has 0 bridgehead atoms. The summed E-state index contributed by atoms with van der Waals surface area (Å²) in [6.07, 6.45) is -1.22. The van der Waals surface area contributed by atoms with Gasteiger partial charge in [0.1, 0.15) is 6.10 Å². The second-order valence-corrected chi connectivity index (χ2v) is 4.13. The summed E-state index contributed by atoms with van der Waals surface area (Å²) in [6, 6.07) is 2.81. The molecule has 1 heterocycles. The fourth-order valence-corrected chi connectivity index (χ4v) is 1.96. The van der Waals surface area contributed by atoms with Gasteiger partial charge >= 0.3 is 0 Å². The van der Waals surface area contributed by atoms with E-state index in [4.69, 9.17) is 0 Å². The van der Waals surface area contributed by atoms with Crippen LogP contribution in [0.15, 0.2) is 23.0 Å². The van der Waals surface area contributed by atoms with Crippen LogP contribution < -0.4 is 0 Å². The highest BCUT2D eigenvalue weighted by atomic mass is 32.1. The molecule has 0 radical (unpaired) electrons. The first-order valence-corrected chi connectivity index (χ1v) is 5.56. The number of rotatable bonds is 2. The molecule has 1 aromatic heterocycles. The largest absolute Gasteiger partial charge is 0.382 e. The number of benzene rings is 1. The lowest BCUT2D eigenvalue weighted by Crippen LogP contribution is -2.05. The Morgan fingerprint density at radius 2 is 2.06 bits per heavy atom. The Hall–Kier alpha value is -1.33. The Morgan fingerprint density at radius 1 is 1.31 bits per heavy atom. The number of halogens is 2. The molecule has 1 aromatic carbocycles. The summed E-state index contributed by atoms with van der Waals surface area (Å²) in [5.74, 6) is -1.94. The van der Waals surface area contributed by atoms with Crippen molar-refractivity contribution in [2.75, 3.05) is 0 Å². The van der Waals surface area contributed by atoms with Crippen molar-refractivity contribution >= 4 is 11.3 Å². The first-order chi connectivity index (χ1) is 7.61. The van der Waals surface area contributed by atoms with Gasteiger partial charge in [-0.3, -0.25) is 0 Å². The molecule has 0 saturated heterocycles. The molecule has 2 rings (SSSR count). The van der Waals surface area contributed by atoms with Gasteiger partial charge in [-0.15, -0.1) is 11.3 Å². The van der Waals surface area contributed by atoms with Crippen LogP contribution in [-0.4, -0.2) is 10.1 Å². The summed E-state index contributed by atoms with van der Waals surface area (Å²) in [4.78, 5) is 3.87. The first-order valence-electron chi connectivity index (χ1n) is 4.62. The molecule has 0 aliphatic carbocycles. The number of hydrogen-bond acceptors (Lipinski definition) is 3. The summed E-state index contributed by atoms with van der Waals surface area (Å²) >= 11 is 1.29. The molecule has 0 amide bonds. The zero-order valence-corrected chi connectivity index (χ0v) is 9.26. The molecule has 2 nitrogen and oxygen atoms in total. The van der Waals surface area contributed by atoms with Gasteiger partial charge in [-0.25, -0.2) is 13.8 Å². The molecular weight excluding hydrogens is 232 g/mol. The number of aliphatic hydroxyl groups is 1. The van der Waals surface area contributed by atoms with Crippen molar-refractivity contribution in [3.8, 4) is 0 Å². The van der Waals surface area contributed by atoms with Crippen LogP contribution in [0.2, 0.25) is 0 Å². The molecule has 84 valence electrons. The van der Waals surface area contributed by atoms with Crippen LogP contribution in [0.3, 0.4) is 0 Å². The third kappa shape index (κ3) is 1.83. The van der Waals surface area contributed by atoms with Gasteiger partial charge in [0.15, 0.2) is 11.6 Å². The lowest BCUT2D eigenvalue weighted by Gasteiger charge is -2.10. The predicted octanol–water partition coefficient (Wildman–Crippen LogP) is 2.81. The Morgan fingerprint density at radius 3 is 2.69 bits per heavy atom. The summed E-state index contributed by atoms with van der Waals surface area (Å²) in [7, 11) is 0. The second kappa shape index (κ2) is 4.27. The van der Waals surface area contributed by atoms with Crippen molar-refractivity contribution in [1.82, 2.24) is 4.98 Å². The Bertz CT molecular complexity index is 499. The second-order valence-electron chi connectivity index (χ2n) is 3.42. The van der Waals surface area contributed by atoms with Gasteiger partial charge in [0.25, 0.3) is 0 Å². The summed E-state index contributed by atoms with van der Waals surface area (Å²) in [5, 5.41) is 11.4. The molecule has 1 N–H and O–H groups in total. The van der Waals surface area contributed by atoms with E-state index in [2.05, 4.69) is 4.98 Å². The van der Waals surface area contributed by atoms with Gasteiger partial charge in [0.05, 0.1) is 11.2 Å². The SMILES string of the molecule is Cc1ccc(C(O)c2cscn2)c(F)c1F. The van der Waals surface area contributed by atoms with E-state index in [-0.39, 0.29) is 11.1 Å². The lowest BCUT2D eigenvalue weighted by atomic mass is 10.0. The smallest absolute Gasteiger partial charge is 0.165 e. The third-order valence-electron chi connectivity index (χ3n) is 2.33. The van der Waals surface area contributed by atoms with Crippen LogP contribution in [0.1, 0.15) is 22.9 Å². The Kier molecular flexibility index (Phi) is 2.98. The van der Waals surface area contributed by atoms with E-state index in [0.717, 1.165) is 0 Å². The van der Waals surface area contributed by atoms with E-state index in [9.17, 15) is 13.9 Å². The predicted molar refractivity (Wildman–Crippen MR) is 57.3 cm³/mol. The zero-order chi connectivity index (χ0) is 11.7. The minimum absolute atomic E-state index is 0.0889. The number of hydrogen-bond donors (Lipinski definition) is 1. The van der Waals surface area contributed by atoms with E-state index in [1.165, 1.54) is 35.9 Å². The average Bonchev–Trinajstić information content (AvgIpc) is 2.79. The Labute approximate surface area is 95.2 Å². The van der Waals surface area contributed by atoms with Gasteiger partial charge in [-0.2, -0.15) is 0 Å². The summed E-state index contributed by atoms with van der Waals surface area (Å²) in [5.41, 5.74) is 1.98. The van der Waals surface area contributed by atoms with Crippen molar-refractivity contribution in [2.45, 2.75) is 13.0 Å². The molecule has 5 heteroatoms. The number of aromatic nitrogens is 1. The van der Waals surface area contributed by atoms with Crippen LogP contribution in [0.5, 0.6) is 0 Å². The number of thiazole rings is 1. The maximum atomic E-state index is 13.5. The fraction of sp³-hybridized carbons (Fsp3) is 0.182. The maximum Gasteiger partial charge on any atom is 0.165 e. The fourth-order valence-electron chi connectivity index (χ4n) is 1.39. The molecule has 0 saturated carbocycles. The van der Waals surface area contributed by atoms with Gasteiger partial charge in [-0.05, 0) is 12.5 Å². The molecule has 16 heavy (non-hydrogen) atoms. The van der Waals surface area contributed by atoms with E-state index >= 15 is 0 Å². The van der Waals surface area contributed by atoms with Crippen molar-refractivity contribution in [3.05, 3.63) is 51.5 Å². The number of aliphatic hydroxyl groups excluding tert-OH is 1. The average molecular weight is 241 g/mol. The molecule has 0 aliphatic heterocycles. The van der Waals surface area contributed by atoms with Crippen LogP contribution in [0.4, 0.5) is 8.78 Å². The van der Waals surface area contributed by atoms with Gasteiger partial charge in [0.2, 0.25) is 0 Å². The third-order valence-corrected chi connectivity index (χ3v) is 2.94. The highest BCUT2D eigenvalue weighted by molar-refractivity contribution is 7.07. The monoisotopic (exact) mass is 241 g/mol.